The molecule has 1 aromatic heterocycles. The van der Waals surface area contributed by atoms with Gasteiger partial charge in [-0.15, -0.1) is 0 Å². The fraction of sp³-hybridized carbons (Fsp3) is 0.250. The molecule has 2 fully saturated rings. The van der Waals surface area contributed by atoms with Gasteiger partial charge in [-0.1, -0.05) is 24.3 Å². The number of amides is 2. The third kappa shape index (κ3) is 3.32. The quantitative estimate of drug-likeness (QED) is 0.172. The average molecular weight is 481 g/mol. The molecule has 0 spiro atoms. The molecule has 3 aliphatic rings. The van der Waals surface area contributed by atoms with Crippen LogP contribution in [0.25, 0.3) is 16.8 Å². The minimum absolute atomic E-state index is 0.0627. The van der Waals surface area contributed by atoms with Gasteiger partial charge in [0, 0.05) is 34.8 Å². The van der Waals surface area contributed by atoms with Crippen molar-refractivity contribution in [1.29, 1.82) is 0 Å². The molecule has 4 unspecified atom stereocenters. The summed E-state index contributed by atoms with van der Waals surface area (Å²) in [5.41, 5.74) is 5.65. The van der Waals surface area contributed by atoms with E-state index in [2.05, 4.69) is 21.8 Å². The van der Waals surface area contributed by atoms with Crippen molar-refractivity contribution in [3.8, 4) is 16.8 Å². The van der Waals surface area contributed by atoms with Gasteiger partial charge in [0.1, 0.15) is 0 Å². The molecule has 3 aromatic rings. The molecule has 180 valence electrons. The third-order valence-corrected chi connectivity index (χ3v) is 7.77. The maximum absolute atomic E-state index is 12.9. The highest BCUT2D eigenvalue weighted by atomic mass is 16.6. The number of hydrogen-bond acceptors (Lipinski definition) is 5. The number of nitro groups is 1. The van der Waals surface area contributed by atoms with Crippen LogP contribution in [-0.4, -0.2) is 32.5 Å². The van der Waals surface area contributed by atoms with Crippen molar-refractivity contribution in [3.63, 3.8) is 0 Å². The van der Waals surface area contributed by atoms with E-state index in [0.717, 1.165) is 45.2 Å². The number of rotatable bonds is 5. The number of aryl methyl sites for hydroxylation is 1. The van der Waals surface area contributed by atoms with Crippen LogP contribution in [0.5, 0.6) is 0 Å². The smallest absolute Gasteiger partial charge is 0.269 e. The monoisotopic (exact) mass is 480 g/mol. The Labute approximate surface area is 207 Å². The second-order valence-electron chi connectivity index (χ2n) is 9.75. The van der Waals surface area contributed by atoms with Crippen molar-refractivity contribution in [2.75, 3.05) is 0 Å². The summed E-state index contributed by atoms with van der Waals surface area (Å²) >= 11 is 0. The molecular formula is C28H24N4O4. The molecule has 4 atom stereocenters. The van der Waals surface area contributed by atoms with Gasteiger partial charge >= 0.3 is 0 Å². The minimum Gasteiger partial charge on any atom is -0.318 e. The van der Waals surface area contributed by atoms with Crippen molar-refractivity contribution >= 4 is 23.7 Å². The molecule has 0 radical (unpaired) electrons. The fourth-order valence-corrected chi connectivity index (χ4v) is 6.01. The highest BCUT2D eigenvalue weighted by molar-refractivity contribution is 6.06. The van der Waals surface area contributed by atoms with E-state index in [0.29, 0.717) is 0 Å². The van der Waals surface area contributed by atoms with Crippen LogP contribution in [0, 0.1) is 47.6 Å². The Kier molecular flexibility index (Phi) is 5.00. The zero-order chi connectivity index (χ0) is 25.1. The highest BCUT2D eigenvalue weighted by Gasteiger charge is 2.59. The zero-order valence-electron chi connectivity index (χ0n) is 19.9. The zero-order valence-corrected chi connectivity index (χ0v) is 19.9. The SMILES string of the molecule is Cc1cc(/C=N/N2C(=O)C3C4C=CC(C4)C3C2=O)c(C)n1-c1ccc(-c2ccc([N+](=O)[O-])cc2)cc1. The summed E-state index contributed by atoms with van der Waals surface area (Å²) < 4.78 is 2.09. The van der Waals surface area contributed by atoms with Gasteiger partial charge in [0.2, 0.25) is 0 Å². The highest BCUT2D eigenvalue weighted by Crippen LogP contribution is 2.52. The number of hydrogen-bond donors (Lipinski definition) is 0. The summed E-state index contributed by atoms with van der Waals surface area (Å²) in [5.74, 6) is -0.563. The van der Waals surface area contributed by atoms with E-state index in [-0.39, 0.29) is 41.2 Å². The van der Waals surface area contributed by atoms with Crippen LogP contribution in [0.15, 0.2) is 71.9 Å². The Morgan fingerprint density at radius 1 is 0.917 bits per heavy atom. The molecule has 0 N–H and O–H groups in total. The lowest BCUT2D eigenvalue weighted by molar-refractivity contribution is -0.384. The first-order chi connectivity index (χ1) is 17.3. The number of hydrazone groups is 1. The maximum atomic E-state index is 12.9. The number of carbonyl (C=O) groups is 2. The van der Waals surface area contributed by atoms with E-state index in [4.69, 9.17) is 0 Å². The first-order valence-electron chi connectivity index (χ1n) is 12.0. The van der Waals surface area contributed by atoms with E-state index in [1.807, 2.05) is 44.2 Å². The van der Waals surface area contributed by atoms with Crippen molar-refractivity contribution in [1.82, 2.24) is 9.58 Å². The second kappa shape index (κ2) is 8.12. The average Bonchev–Trinajstić information content (AvgIpc) is 3.62. The third-order valence-electron chi connectivity index (χ3n) is 7.77. The number of nitro benzene ring substituents is 1. The van der Waals surface area contributed by atoms with Crippen molar-refractivity contribution < 1.29 is 14.5 Å². The van der Waals surface area contributed by atoms with Gasteiger partial charge in [-0.3, -0.25) is 19.7 Å². The van der Waals surface area contributed by atoms with Crippen LogP contribution in [0.3, 0.4) is 0 Å². The molecule has 6 rings (SSSR count). The van der Waals surface area contributed by atoms with E-state index < -0.39 is 4.92 Å². The predicted molar refractivity (Wildman–Crippen MR) is 134 cm³/mol. The van der Waals surface area contributed by atoms with Gasteiger partial charge in [0.05, 0.1) is 23.0 Å². The Morgan fingerprint density at radius 3 is 2.03 bits per heavy atom. The Balaban J connectivity index is 1.23. The first-order valence-corrected chi connectivity index (χ1v) is 12.0. The number of carbonyl (C=O) groups excluding carboxylic acids is 2. The van der Waals surface area contributed by atoms with Gasteiger partial charge < -0.3 is 4.57 Å². The lowest BCUT2D eigenvalue weighted by Gasteiger charge is -2.13. The molecule has 2 aliphatic carbocycles. The lowest BCUT2D eigenvalue weighted by Crippen LogP contribution is -2.28. The summed E-state index contributed by atoms with van der Waals surface area (Å²) in [5, 5.41) is 16.3. The molecule has 8 heteroatoms. The van der Waals surface area contributed by atoms with E-state index in [1.165, 1.54) is 12.1 Å². The molecule has 2 bridgehead atoms. The number of aromatic nitrogens is 1. The molecule has 36 heavy (non-hydrogen) atoms. The number of imide groups is 1. The molecule has 1 saturated carbocycles. The number of benzene rings is 2. The molecule has 8 nitrogen and oxygen atoms in total. The molecule has 2 amide bonds. The van der Waals surface area contributed by atoms with Gasteiger partial charge in [-0.2, -0.15) is 10.1 Å². The van der Waals surface area contributed by atoms with Crippen LogP contribution in [0.1, 0.15) is 23.4 Å². The van der Waals surface area contributed by atoms with Crippen molar-refractivity contribution in [3.05, 3.63) is 93.8 Å². The maximum Gasteiger partial charge on any atom is 0.269 e. The van der Waals surface area contributed by atoms with E-state index >= 15 is 0 Å². The van der Waals surface area contributed by atoms with Crippen LogP contribution in [0.4, 0.5) is 5.69 Å². The van der Waals surface area contributed by atoms with E-state index in [1.54, 1.807) is 18.3 Å². The fourth-order valence-electron chi connectivity index (χ4n) is 6.01. The predicted octanol–water partition coefficient (Wildman–Crippen LogP) is 4.81. The van der Waals surface area contributed by atoms with Crippen molar-refractivity contribution in [2.24, 2.45) is 28.8 Å². The minimum atomic E-state index is -0.409. The summed E-state index contributed by atoms with van der Waals surface area (Å²) in [7, 11) is 0. The molecule has 1 saturated heterocycles. The largest absolute Gasteiger partial charge is 0.318 e. The number of allylic oxidation sites excluding steroid dienone is 2. The van der Waals surface area contributed by atoms with Gasteiger partial charge in [-0.25, -0.2) is 0 Å². The van der Waals surface area contributed by atoms with Crippen LogP contribution >= 0.6 is 0 Å². The van der Waals surface area contributed by atoms with Crippen LogP contribution < -0.4 is 0 Å². The number of fused-ring (bicyclic) bond motifs is 5. The molecule has 2 aromatic carbocycles. The van der Waals surface area contributed by atoms with Crippen LogP contribution in [0.2, 0.25) is 0 Å². The second-order valence-corrected chi connectivity index (χ2v) is 9.75. The normalized spacial score (nSPS) is 24.3. The summed E-state index contributed by atoms with van der Waals surface area (Å²) in [6.07, 6.45) is 6.65. The van der Waals surface area contributed by atoms with Crippen molar-refractivity contribution in [2.45, 2.75) is 20.3 Å². The topological polar surface area (TPSA) is 97.8 Å². The number of nitrogens with zero attached hydrogens (tertiary/aromatic N) is 4. The summed E-state index contributed by atoms with van der Waals surface area (Å²) in [6.45, 7) is 3.97. The number of non-ortho nitro benzene ring substituents is 1. The molecule has 1 aliphatic heterocycles. The van der Waals surface area contributed by atoms with Gasteiger partial charge in [0.25, 0.3) is 17.5 Å². The van der Waals surface area contributed by atoms with E-state index in [9.17, 15) is 19.7 Å². The standard InChI is InChI=1S/C28H24N4O4/c1-16-13-22(15-29-31-27(33)25-20-3-4-21(14-20)26(25)28(31)34)17(2)30(16)23-9-5-18(6-10-23)19-7-11-24(12-8-19)32(35)36/h3-13,15,20-21,25-26H,14H2,1-2H3/b29-15+. The summed E-state index contributed by atoms with van der Waals surface area (Å²) in [6, 6.07) is 16.4. The Bertz CT molecular complexity index is 1440. The van der Waals surface area contributed by atoms with Gasteiger partial charge in [-0.05, 0) is 73.6 Å². The Hall–Kier alpha value is -4.33. The summed E-state index contributed by atoms with van der Waals surface area (Å²) in [4.78, 5) is 36.3. The Morgan fingerprint density at radius 2 is 1.47 bits per heavy atom. The first kappa shape index (κ1) is 22.2. The van der Waals surface area contributed by atoms with Crippen LogP contribution in [-0.2, 0) is 9.59 Å². The lowest BCUT2D eigenvalue weighted by atomic mass is 9.85. The molecule has 2 heterocycles. The van der Waals surface area contributed by atoms with Gasteiger partial charge in [0.15, 0.2) is 0 Å². The molecular weight excluding hydrogens is 456 g/mol.